The van der Waals surface area contributed by atoms with Gasteiger partial charge in [0.2, 0.25) is 0 Å². The second kappa shape index (κ2) is 5.39. The molecule has 0 aliphatic heterocycles. The quantitative estimate of drug-likeness (QED) is 0.724. The maximum atomic E-state index is 13.6. The fourth-order valence-electron chi connectivity index (χ4n) is 1.62. The van der Waals surface area contributed by atoms with E-state index in [1.54, 1.807) is 37.3 Å². The SMILES string of the molecule is Cc1ccc(NC(=O)Nc2cccc(N)c2)c(F)c1. The van der Waals surface area contributed by atoms with Crippen LogP contribution in [-0.4, -0.2) is 6.03 Å². The third-order valence-electron chi connectivity index (χ3n) is 2.52. The fraction of sp³-hybridized carbons (Fsp3) is 0.0714. The van der Waals surface area contributed by atoms with Gasteiger partial charge in [-0.05, 0) is 42.8 Å². The standard InChI is InChI=1S/C14H14FN3O/c1-9-5-6-13(12(15)7-9)18-14(19)17-11-4-2-3-10(16)8-11/h2-8H,16H2,1H3,(H2,17,18,19). The molecule has 0 heterocycles. The van der Waals surface area contributed by atoms with Gasteiger partial charge in [-0.2, -0.15) is 0 Å². The van der Waals surface area contributed by atoms with Crippen molar-refractivity contribution in [2.24, 2.45) is 0 Å². The lowest BCUT2D eigenvalue weighted by atomic mass is 10.2. The first-order valence-corrected chi connectivity index (χ1v) is 5.74. The smallest absolute Gasteiger partial charge is 0.323 e. The summed E-state index contributed by atoms with van der Waals surface area (Å²) >= 11 is 0. The normalized spacial score (nSPS) is 10.0. The minimum Gasteiger partial charge on any atom is -0.399 e. The van der Waals surface area contributed by atoms with Crippen molar-refractivity contribution in [3.05, 3.63) is 53.8 Å². The van der Waals surface area contributed by atoms with Crippen molar-refractivity contribution in [3.8, 4) is 0 Å². The molecule has 0 radical (unpaired) electrons. The molecule has 0 saturated heterocycles. The van der Waals surface area contributed by atoms with Crippen LogP contribution in [0, 0.1) is 12.7 Å². The van der Waals surface area contributed by atoms with Crippen LogP contribution in [0.15, 0.2) is 42.5 Å². The zero-order chi connectivity index (χ0) is 13.8. The van der Waals surface area contributed by atoms with Crippen LogP contribution >= 0.6 is 0 Å². The summed E-state index contributed by atoms with van der Waals surface area (Å²) in [6, 6.07) is 10.8. The molecule has 0 fully saturated rings. The van der Waals surface area contributed by atoms with Gasteiger partial charge in [-0.25, -0.2) is 9.18 Å². The summed E-state index contributed by atoms with van der Waals surface area (Å²) in [4.78, 5) is 11.7. The highest BCUT2D eigenvalue weighted by molar-refractivity contribution is 6.00. The Morgan fingerprint density at radius 2 is 1.95 bits per heavy atom. The number of benzene rings is 2. The van der Waals surface area contributed by atoms with Crippen LogP contribution in [0.1, 0.15) is 5.56 Å². The number of carbonyl (C=O) groups excluding carboxylic acids is 1. The summed E-state index contributed by atoms with van der Waals surface area (Å²) in [5.74, 6) is -0.470. The number of nitrogens with one attached hydrogen (secondary N) is 2. The number of hydrogen-bond acceptors (Lipinski definition) is 2. The maximum Gasteiger partial charge on any atom is 0.323 e. The molecule has 19 heavy (non-hydrogen) atoms. The number of nitrogens with two attached hydrogens (primary N) is 1. The molecule has 0 spiro atoms. The van der Waals surface area contributed by atoms with Crippen molar-refractivity contribution in [2.75, 3.05) is 16.4 Å². The fourth-order valence-corrected chi connectivity index (χ4v) is 1.62. The topological polar surface area (TPSA) is 67.2 Å². The Morgan fingerprint density at radius 3 is 2.63 bits per heavy atom. The van der Waals surface area contributed by atoms with Crippen LogP contribution in [0.4, 0.5) is 26.2 Å². The molecule has 0 aliphatic rings. The van der Waals surface area contributed by atoms with Crippen molar-refractivity contribution >= 4 is 23.1 Å². The van der Waals surface area contributed by atoms with Crippen molar-refractivity contribution in [2.45, 2.75) is 6.92 Å². The Labute approximate surface area is 110 Å². The highest BCUT2D eigenvalue weighted by atomic mass is 19.1. The van der Waals surface area contributed by atoms with Gasteiger partial charge in [-0.3, -0.25) is 0 Å². The lowest BCUT2D eigenvalue weighted by molar-refractivity contribution is 0.262. The summed E-state index contributed by atoms with van der Waals surface area (Å²) in [6.45, 7) is 1.78. The van der Waals surface area contributed by atoms with Crippen LogP contribution in [0.25, 0.3) is 0 Å². The van der Waals surface area contributed by atoms with Gasteiger partial charge in [0.1, 0.15) is 5.82 Å². The van der Waals surface area contributed by atoms with Crippen molar-refractivity contribution in [1.82, 2.24) is 0 Å². The molecule has 4 nitrogen and oxygen atoms in total. The van der Waals surface area contributed by atoms with Gasteiger partial charge in [0, 0.05) is 11.4 Å². The van der Waals surface area contributed by atoms with Crippen molar-refractivity contribution in [1.29, 1.82) is 0 Å². The Balaban J connectivity index is 2.05. The summed E-state index contributed by atoms with van der Waals surface area (Å²) < 4.78 is 13.6. The van der Waals surface area contributed by atoms with Gasteiger partial charge in [-0.15, -0.1) is 0 Å². The summed E-state index contributed by atoms with van der Waals surface area (Å²) in [5, 5.41) is 5.02. The van der Waals surface area contributed by atoms with E-state index >= 15 is 0 Å². The molecule has 98 valence electrons. The Morgan fingerprint density at radius 1 is 1.16 bits per heavy atom. The lowest BCUT2D eigenvalue weighted by Crippen LogP contribution is -2.20. The summed E-state index contributed by atoms with van der Waals surface area (Å²) in [5.41, 5.74) is 7.61. The molecular formula is C14H14FN3O. The van der Waals surface area contributed by atoms with Gasteiger partial charge in [-0.1, -0.05) is 12.1 Å². The average Bonchev–Trinajstić information content (AvgIpc) is 2.33. The first kappa shape index (κ1) is 12.9. The number of hydrogen-bond donors (Lipinski definition) is 3. The van der Waals surface area contributed by atoms with E-state index in [4.69, 9.17) is 5.73 Å². The minimum atomic E-state index is -0.520. The third kappa shape index (κ3) is 3.45. The van der Waals surface area contributed by atoms with E-state index in [9.17, 15) is 9.18 Å². The van der Waals surface area contributed by atoms with E-state index in [1.165, 1.54) is 12.1 Å². The number of halogens is 1. The number of carbonyl (C=O) groups is 1. The molecule has 0 atom stereocenters. The van der Waals surface area contributed by atoms with Crippen LogP contribution in [0.5, 0.6) is 0 Å². The van der Waals surface area contributed by atoms with Gasteiger partial charge in [0.05, 0.1) is 5.69 Å². The number of rotatable bonds is 2. The first-order valence-electron chi connectivity index (χ1n) is 5.74. The van der Waals surface area contributed by atoms with E-state index in [-0.39, 0.29) is 5.69 Å². The summed E-state index contributed by atoms with van der Waals surface area (Å²) in [6.07, 6.45) is 0. The molecule has 0 aliphatic carbocycles. The minimum absolute atomic E-state index is 0.131. The van der Waals surface area contributed by atoms with Crippen molar-refractivity contribution in [3.63, 3.8) is 0 Å². The van der Waals surface area contributed by atoms with E-state index in [0.29, 0.717) is 11.4 Å². The lowest BCUT2D eigenvalue weighted by Gasteiger charge is -2.09. The zero-order valence-electron chi connectivity index (χ0n) is 10.4. The monoisotopic (exact) mass is 259 g/mol. The molecule has 0 bridgehead atoms. The average molecular weight is 259 g/mol. The highest BCUT2D eigenvalue weighted by Gasteiger charge is 2.07. The van der Waals surface area contributed by atoms with Gasteiger partial charge in [0.15, 0.2) is 0 Å². The predicted octanol–water partition coefficient (Wildman–Crippen LogP) is 3.36. The van der Waals surface area contributed by atoms with Gasteiger partial charge >= 0.3 is 6.03 Å². The molecule has 0 unspecified atom stereocenters. The molecule has 2 amide bonds. The Kier molecular flexibility index (Phi) is 3.66. The van der Waals surface area contributed by atoms with Gasteiger partial charge in [0.25, 0.3) is 0 Å². The van der Waals surface area contributed by atoms with E-state index in [1.807, 2.05) is 0 Å². The zero-order valence-corrected chi connectivity index (χ0v) is 10.4. The molecule has 5 heteroatoms. The maximum absolute atomic E-state index is 13.6. The number of amides is 2. The molecule has 2 aromatic rings. The van der Waals surface area contributed by atoms with Gasteiger partial charge < -0.3 is 16.4 Å². The third-order valence-corrected chi connectivity index (χ3v) is 2.52. The number of aryl methyl sites for hydroxylation is 1. The van der Waals surface area contributed by atoms with E-state index in [0.717, 1.165) is 5.56 Å². The predicted molar refractivity (Wildman–Crippen MR) is 74.6 cm³/mol. The number of urea groups is 1. The first-order chi connectivity index (χ1) is 9.04. The second-order valence-electron chi connectivity index (χ2n) is 4.19. The van der Waals surface area contributed by atoms with E-state index < -0.39 is 11.8 Å². The molecular weight excluding hydrogens is 245 g/mol. The second-order valence-corrected chi connectivity index (χ2v) is 4.19. The molecule has 2 aromatic carbocycles. The Hall–Kier alpha value is -2.56. The number of anilines is 3. The van der Waals surface area contributed by atoms with Crippen LogP contribution in [0.2, 0.25) is 0 Å². The largest absolute Gasteiger partial charge is 0.399 e. The Bertz CT molecular complexity index is 613. The summed E-state index contributed by atoms with van der Waals surface area (Å²) in [7, 11) is 0. The van der Waals surface area contributed by atoms with Crippen LogP contribution < -0.4 is 16.4 Å². The molecule has 4 N–H and O–H groups in total. The van der Waals surface area contributed by atoms with Crippen LogP contribution in [-0.2, 0) is 0 Å². The highest BCUT2D eigenvalue weighted by Crippen LogP contribution is 2.16. The molecule has 2 rings (SSSR count). The van der Waals surface area contributed by atoms with Crippen LogP contribution in [0.3, 0.4) is 0 Å². The van der Waals surface area contributed by atoms with Crippen molar-refractivity contribution < 1.29 is 9.18 Å². The van der Waals surface area contributed by atoms with E-state index in [2.05, 4.69) is 10.6 Å². The molecule has 0 aromatic heterocycles. The number of nitrogen functional groups attached to an aromatic ring is 1. The molecule has 0 saturated carbocycles.